The number of likely N-dealkylation sites (tertiary alicyclic amines) is 1. The van der Waals surface area contributed by atoms with Gasteiger partial charge in [-0.3, -0.25) is 4.79 Å². The maximum Gasteiger partial charge on any atom is 0.397 e. The predicted octanol–water partition coefficient (Wildman–Crippen LogP) is 1.73. The number of carbonyl (C=O) groups excluding carboxylic acids is 2. The standard InChI is InChI=1S/C13H21NO3/c1-2-17-13(16)12(15)14-9-5-8-11(14)10-6-3-4-7-10/h10-11H,2-9H2,1H3. The molecule has 0 N–H and O–H groups in total. The van der Waals surface area contributed by atoms with E-state index in [0.29, 0.717) is 5.92 Å². The molecule has 1 amide bonds. The van der Waals surface area contributed by atoms with E-state index in [9.17, 15) is 9.59 Å². The first-order valence-corrected chi connectivity index (χ1v) is 6.71. The first kappa shape index (κ1) is 12.4. The molecule has 0 aromatic heterocycles. The van der Waals surface area contributed by atoms with Crippen LogP contribution in [-0.2, 0) is 14.3 Å². The highest BCUT2D eigenvalue weighted by Gasteiger charge is 2.38. The van der Waals surface area contributed by atoms with Crippen molar-refractivity contribution in [3.63, 3.8) is 0 Å². The van der Waals surface area contributed by atoms with E-state index in [1.165, 1.54) is 25.7 Å². The van der Waals surface area contributed by atoms with Crippen LogP contribution in [0.2, 0.25) is 0 Å². The van der Waals surface area contributed by atoms with Crippen LogP contribution in [0, 0.1) is 5.92 Å². The Morgan fingerprint density at radius 3 is 2.53 bits per heavy atom. The first-order chi connectivity index (χ1) is 8.24. The number of nitrogens with zero attached hydrogens (tertiary/aromatic N) is 1. The molecule has 0 aromatic rings. The summed E-state index contributed by atoms with van der Waals surface area (Å²) in [6, 6.07) is 0.286. The summed E-state index contributed by atoms with van der Waals surface area (Å²) in [4.78, 5) is 25.2. The van der Waals surface area contributed by atoms with Crippen LogP contribution in [0.3, 0.4) is 0 Å². The van der Waals surface area contributed by atoms with Gasteiger partial charge in [0.25, 0.3) is 0 Å². The highest BCUT2D eigenvalue weighted by molar-refractivity contribution is 6.32. The monoisotopic (exact) mass is 239 g/mol. The van der Waals surface area contributed by atoms with Gasteiger partial charge in [-0.1, -0.05) is 12.8 Å². The molecule has 1 atom stereocenters. The number of rotatable bonds is 2. The van der Waals surface area contributed by atoms with Crippen molar-refractivity contribution in [3.8, 4) is 0 Å². The molecule has 2 fully saturated rings. The Hall–Kier alpha value is -1.06. The van der Waals surface area contributed by atoms with Crippen molar-refractivity contribution in [2.75, 3.05) is 13.2 Å². The second-order valence-corrected chi connectivity index (χ2v) is 4.97. The molecule has 0 spiro atoms. The molecule has 0 radical (unpaired) electrons. The molecular weight excluding hydrogens is 218 g/mol. The SMILES string of the molecule is CCOC(=O)C(=O)N1CCCC1C1CCCC1. The van der Waals surface area contributed by atoms with Crippen molar-refractivity contribution in [3.05, 3.63) is 0 Å². The van der Waals surface area contributed by atoms with Gasteiger partial charge in [0, 0.05) is 12.6 Å². The third kappa shape index (κ3) is 2.61. The van der Waals surface area contributed by atoms with Crippen LogP contribution in [0.5, 0.6) is 0 Å². The molecule has 1 unspecified atom stereocenters. The van der Waals surface area contributed by atoms with Gasteiger partial charge in [0.1, 0.15) is 0 Å². The summed E-state index contributed by atoms with van der Waals surface area (Å²) < 4.78 is 4.80. The molecule has 4 nitrogen and oxygen atoms in total. The molecule has 2 aliphatic rings. The maximum absolute atomic E-state index is 12.0. The van der Waals surface area contributed by atoms with Gasteiger partial charge in [0.15, 0.2) is 0 Å². The van der Waals surface area contributed by atoms with Gasteiger partial charge < -0.3 is 9.64 Å². The number of esters is 1. The smallest absolute Gasteiger partial charge is 0.397 e. The highest BCUT2D eigenvalue weighted by Crippen LogP contribution is 2.35. The highest BCUT2D eigenvalue weighted by atomic mass is 16.5. The van der Waals surface area contributed by atoms with E-state index < -0.39 is 11.9 Å². The van der Waals surface area contributed by atoms with Gasteiger partial charge in [-0.05, 0) is 38.5 Å². The second kappa shape index (κ2) is 5.52. The minimum atomic E-state index is -0.683. The number of hydrogen-bond acceptors (Lipinski definition) is 3. The van der Waals surface area contributed by atoms with Crippen molar-refractivity contribution in [1.29, 1.82) is 0 Å². The lowest BCUT2D eigenvalue weighted by molar-refractivity contribution is -0.160. The Labute approximate surface area is 102 Å². The zero-order valence-corrected chi connectivity index (χ0v) is 10.5. The van der Waals surface area contributed by atoms with Crippen LogP contribution >= 0.6 is 0 Å². The van der Waals surface area contributed by atoms with Crippen LogP contribution in [-0.4, -0.2) is 36.0 Å². The average Bonchev–Trinajstić information content (AvgIpc) is 2.98. The molecule has 17 heavy (non-hydrogen) atoms. The van der Waals surface area contributed by atoms with Gasteiger partial charge in [-0.25, -0.2) is 4.79 Å². The minimum Gasteiger partial charge on any atom is -0.459 e. The topological polar surface area (TPSA) is 46.6 Å². The summed E-state index contributed by atoms with van der Waals surface area (Å²) in [6.07, 6.45) is 7.02. The van der Waals surface area contributed by atoms with E-state index in [4.69, 9.17) is 4.74 Å². The Balaban J connectivity index is 1.98. The summed E-state index contributed by atoms with van der Waals surface area (Å²) in [5.41, 5.74) is 0. The molecule has 4 heteroatoms. The zero-order chi connectivity index (χ0) is 12.3. The number of carbonyl (C=O) groups is 2. The molecule has 1 saturated carbocycles. The van der Waals surface area contributed by atoms with E-state index in [1.54, 1.807) is 11.8 Å². The van der Waals surface area contributed by atoms with Gasteiger partial charge >= 0.3 is 11.9 Å². The number of amides is 1. The molecule has 2 rings (SSSR count). The lowest BCUT2D eigenvalue weighted by atomic mass is 9.96. The third-order valence-corrected chi connectivity index (χ3v) is 3.95. The Morgan fingerprint density at radius 2 is 1.88 bits per heavy atom. The van der Waals surface area contributed by atoms with Crippen molar-refractivity contribution in [1.82, 2.24) is 4.90 Å². The minimum absolute atomic E-state index is 0.270. The fourth-order valence-corrected chi connectivity index (χ4v) is 3.19. The Kier molecular flexibility index (Phi) is 4.02. The molecule has 1 saturated heterocycles. The molecule has 96 valence electrons. The summed E-state index contributed by atoms with van der Waals surface area (Å²) in [5, 5.41) is 0. The van der Waals surface area contributed by atoms with Gasteiger partial charge in [-0.2, -0.15) is 0 Å². The van der Waals surface area contributed by atoms with Gasteiger partial charge in [0.05, 0.1) is 6.61 Å². The number of ether oxygens (including phenoxy) is 1. The predicted molar refractivity (Wildman–Crippen MR) is 63.3 cm³/mol. The molecule has 1 aliphatic carbocycles. The van der Waals surface area contributed by atoms with E-state index in [1.807, 2.05) is 0 Å². The lowest BCUT2D eigenvalue weighted by Gasteiger charge is -2.28. The van der Waals surface area contributed by atoms with Crippen LogP contribution in [0.1, 0.15) is 45.4 Å². The van der Waals surface area contributed by atoms with Gasteiger partial charge in [-0.15, -0.1) is 0 Å². The molecule has 0 bridgehead atoms. The van der Waals surface area contributed by atoms with Crippen LogP contribution in [0.15, 0.2) is 0 Å². The second-order valence-electron chi connectivity index (χ2n) is 4.97. The fourth-order valence-electron chi connectivity index (χ4n) is 3.19. The summed E-state index contributed by atoms with van der Waals surface area (Å²) in [7, 11) is 0. The van der Waals surface area contributed by atoms with Crippen molar-refractivity contribution in [2.24, 2.45) is 5.92 Å². The van der Waals surface area contributed by atoms with Crippen LogP contribution in [0.25, 0.3) is 0 Å². The summed E-state index contributed by atoms with van der Waals surface area (Å²) in [6.45, 7) is 2.72. The zero-order valence-electron chi connectivity index (χ0n) is 10.5. The quantitative estimate of drug-likeness (QED) is 0.544. The van der Waals surface area contributed by atoms with Crippen LogP contribution in [0.4, 0.5) is 0 Å². The average molecular weight is 239 g/mol. The normalized spacial score (nSPS) is 25.2. The van der Waals surface area contributed by atoms with E-state index in [2.05, 4.69) is 0 Å². The molecule has 0 aromatic carbocycles. The Morgan fingerprint density at radius 1 is 1.18 bits per heavy atom. The fraction of sp³-hybridized carbons (Fsp3) is 0.846. The van der Waals surface area contributed by atoms with Crippen molar-refractivity contribution in [2.45, 2.75) is 51.5 Å². The van der Waals surface area contributed by atoms with E-state index in [-0.39, 0.29) is 12.6 Å². The van der Waals surface area contributed by atoms with Gasteiger partial charge in [0.2, 0.25) is 0 Å². The maximum atomic E-state index is 12.0. The largest absolute Gasteiger partial charge is 0.459 e. The molecular formula is C13H21NO3. The van der Waals surface area contributed by atoms with Crippen LogP contribution < -0.4 is 0 Å². The third-order valence-electron chi connectivity index (χ3n) is 3.95. The molecule has 1 heterocycles. The van der Waals surface area contributed by atoms with E-state index >= 15 is 0 Å². The number of hydrogen-bond donors (Lipinski definition) is 0. The summed E-state index contributed by atoms with van der Waals surface area (Å²) in [5.74, 6) is -0.505. The van der Waals surface area contributed by atoms with Crippen molar-refractivity contribution >= 4 is 11.9 Å². The van der Waals surface area contributed by atoms with E-state index in [0.717, 1.165) is 19.4 Å². The first-order valence-electron chi connectivity index (χ1n) is 6.71. The lowest BCUT2D eigenvalue weighted by Crippen LogP contribution is -2.43. The Bertz CT molecular complexity index is 297. The summed E-state index contributed by atoms with van der Waals surface area (Å²) >= 11 is 0. The molecule has 1 aliphatic heterocycles. The van der Waals surface area contributed by atoms with Crippen molar-refractivity contribution < 1.29 is 14.3 Å².